The van der Waals surface area contributed by atoms with Crippen LogP contribution < -0.4 is 19.5 Å². The van der Waals surface area contributed by atoms with Gasteiger partial charge in [-0.25, -0.2) is 0 Å². The van der Waals surface area contributed by atoms with Crippen molar-refractivity contribution in [1.82, 2.24) is 15.1 Å². The largest absolute Gasteiger partial charge is 0.497 e. The predicted octanol–water partition coefficient (Wildman–Crippen LogP) is 2.45. The number of hydrogen-bond acceptors (Lipinski definition) is 6. The van der Waals surface area contributed by atoms with E-state index < -0.39 is 6.04 Å². The molecule has 1 unspecified atom stereocenters. The number of methoxy groups -OCH3 is 3. The highest BCUT2D eigenvalue weighted by Crippen LogP contribution is 2.26. The number of nitrogens with one attached hydrogen (secondary N) is 1. The van der Waals surface area contributed by atoms with Crippen LogP contribution in [0.25, 0.3) is 0 Å². The van der Waals surface area contributed by atoms with Gasteiger partial charge in [0.25, 0.3) is 11.8 Å². The molecule has 1 aliphatic heterocycles. The number of nitrogens with zero attached hydrogens (tertiary/aromatic N) is 2. The van der Waals surface area contributed by atoms with E-state index in [2.05, 4.69) is 5.32 Å². The first kappa shape index (κ1) is 25.9. The molecule has 0 aliphatic carbocycles. The van der Waals surface area contributed by atoms with E-state index in [9.17, 15) is 14.4 Å². The summed E-state index contributed by atoms with van der Waals surface area (Å²) in [7, 11) is 4.56. The van der Waals surface area contributed by atoms with E-state index in [-0.39, 0.29) is 23.6 Å². The molecular weight excluding hydrogens is 450 g/mol. The Kier molecular flexibility index (Phi) is 8.57. The fourth-order valence-corrected chi connectivity index (χ4v) is 4.04. The number of ether oxygens (including phenoxy) is 3. The zero-order valence-corrected chi connectivity index (χ0v) is 20.9. The van der Waals surface area contributed by atoms with Crippen LogP contribution in [0.2, 0.25) is 0 Å². The zero-order valence-electron chi connectivity index (χ0n) is 20.9. The average Bonchev–Trinajstić information content (AvgIpc) is 2.90. The molecule has 3 rings (SSSR count). The van der Waals surface area contributed by atoms with E-state index in [4.69, 9.17) is 14.2 Å². The summed E-state index contributed by atoms with van der Waals surface area (Å²) in [5.74, 6) is 0.662. The molecule has 0 radical (unpaired) electrons. The molecule has 0 spiro atoms. The lowest BCUT2D eigenvalue weighted by molar-refractivity contribution is -0.135. The van der Waals surface area contributed by atoms with Gasteiger partial charge >= 0.3 is 0 Å². The van der Waals surface area contributed by atoms with Crippen molar-refractivity contribution >= 4 is 17.7 Å². The van der Waals surface area contributed by atoms with Gasteiger partial charge in [-0.2, -0.15) is 0 Å². The molecule has 1 heterocycles. The highest BCUT2D eigenvalue weighted by atomic mass is 16.5. The van der Waals surface area contributed by atoms with Gasteiger partial charge in [-0.1, -0.05) is 26.0 Å². The molecule has 2 aromatic rings. The van der Waals surface area contributed by atoms with Crippen LogP contribution in [-0.2, 0) is 4.79 Å². The van der Waals surface area contributed by atoms with Crippen LogP contribution in [0, 0.1) is 5.92 Å². The van der Waals surface area contributed by atoms with E-state index in [1.165, 1.54) is 14.2 Å². The third-order valence-electron chi connectivity index (χ3n) is 6.09. The van der Waals surface area contributed by atoms with Crippen LogP contribution in [0.15, 0.2) is 42.5 Å². The highest BCUT2D eigenvalue weighted by molar-refractivity contribution is 6.00. The number of rotatable bonds is 8. The molecule has 9 heteroatoms. The van der Waals surface area contributed by atoms with E-state index in [1.807, 2.05) is 13.8 Å². The van der Waals surface area contributed by atoms with Crippen molar-refractivity contribution in [3.8, 4) is 17.2 Å². The quantitative estimate of drug-likeness (QED) is 0.620. The second kappa shape index (κ2) is 11.6. The Hall–Kier alpha value is -3.75. The van der Waals surface area contributed by atoms with E-state index >= 15 is 0 Å². The predicted molar refractivity (Wildman–Crippen MR) is 131 cm³/mol. The molecule has 1 saturated heterocycles. The third-order valence-corrected chi connectivity index (χ3v) is 6.09. The second-order valence-corrected chi connectivity index (χ2v) is 8.58. The van der Waals surface area contributed by atoms with Crippen molar-refractivity contribution in [2.24, 2.45) is 5.92 Å². The van der Waals surface area contributed by atoms with Crippen LogP contribution >= 0.6 is 0 Å². The molecule has 1 aliphatic rings. The van der Waals surface area contributed by atoms with Gasteiger partial charge in [0.2, 0.25) is 5.91 Å². The lowest BCUT2D eigenvalue weighted by Crippen LogP contribution is -2.57. The van der Waals surface area contributed by atoms with Gasteiger partial charge in [-0.3, -0.25) is 14.4 Å². The van der Waals surface area contributed by atoms with Crippen molar-refractivity contribution in [3.05, 3.63) is 53.6 Å². The maximum absolute atomic E-state index is 13.3. The molecule has 1 atom stereocenters. The third kappa shape index (κ3) is 5.85. The van der Waals surface area contributed by atoms with Crippen LogP contribution in [-0.4, -0.2) is 81.1 Å². The summed E-state index contributed by atoms with van der Waals surface area (Å²) in [4.78, 5) is 42.7. The Morgan fingerprint density at radius 1 is 0.800 bits per heavy atom. The smallest absolute Gasteiger partial charge is 0.257 e. The maximum atomic E-state index is 13.3. The van der Waals surface area contributed by atoms with E-state index in [0.717, 1.165) is 0 Å². The van der Waals surface area contributed by atoms with Gasteiger partial charge in [-0.05, 0) is 30.2 Å². The minimum absolute atomic E-state index is 0.121. The second-order valence-electron chi connectivity index (χ2n) is 8.58. The normalized spacial score (nSPS) is 14.3. The Bertz CT molecular complexity index is 1060. The van der Waals surface area contributed by atoms with Crippen LogP contribution in [0.1, 0.15) is 34.6 Å². The lowest BCUT2D eigenvalue weighted by atomic mass is 10.0. The van der Waals surface area contributed by atoms with Gasteiger partial charge in [-0.15, -0.1) is 0 Å². The number of benzene rings is 2. The Morgan fingerprint density at radius 2 is 1.43 bits per heavy atom. The summed E-state index contributed by atoms with van der Waals surface area (Å²) < 4.78 is 15.8. The first-order valence-electron chi connectivity index (χ1n) is 11.5. The van der Waals surface area contributed by atoms with Gasteiger partial charge < -0.3 is 29.3 Å². The van der Waals surface area contributed by atoms with E-state index in [0.29, 0.717) is 54.6 Å². The lowest BCUT2D eigenvalue weighted by Gasteiger charge is -2.37. The summed E-state index contributed by atoms with van der Waals surface area (Å²) >= 11 is 0. The monoisotopic (exact) mass is 483 g/mol. The molecular formula is C26H33N3O6. The molecule has 0 bridgehead atoms. The fraction of sp³-hybridized carbons (Fsp3) is 0.423. The maximum Gasteiger partial charge on any atom is 0.257 e. The minimum Gasteiger partial charge on any atom is -0.497 e. The minimum atomic E-state index is -0.698. The van der Waals surface area contributed by atoms with Crippen molar-refractivity contribution in [1.29, 1.82) is 0 Å². The Labute approximate surface area is 205 Å². The molecule has 0 aromatic heterocycles. The molecule has 1 fully saturated rings. The zero-order chi connectivity index (χ0) is 25.5. The van der Waals surface area contributed by atoms with Gasteiger partial charge in [0.15, 0.2) is 0 Å². The summed E-state index contributed by atoms with van der Waals surface area (Å²) in [6.45, 7) is 5.28. The van der Waals surface area contributed by atoms with Crippen molar-refractivity contribution in [3.63, 3.8) is 0 Å². The summed E-state index contributed by atoms with van der Waals surface area (Å²) in [5.41, 5.74) is 0.814. The average molecular weight is 484 g/mol. The van der Waals surface area contributed by atoms with Crippen LogP contribution in [0.5, 0.6) is 17.2 Å². The molecule has 3 amide bonds. The van der Waals surface area contributed by atoms with E-state index in [1.54, 1.807) is 59.4 Å². The summed E-state index contributed by atoms with van der Waals surface area (Å²) in [6, 6.07) is 11.3. The first-order valence-corrected chi connectivity index (χ1v) is 11.5. The number of carbonyl (C=O) groups excluding carboxylic acids is 3. The topological polar surface area (TPSA) is 97.4 Å². The molecule has 9 nitrogen and oxygen atoms in total. The highest BCUT2D eigenvalue weighted by Gasteiger charge is 2.33. The number of carbonyl (C=O) groups is 3. The molecule has 1 N–H and O–H groups in total. The van der Waals surface area contributed by atoms with Crippen LogP contribution in [0.3, 0.4) is 0 Å². The Balaban J connectivity index is 1.66. The number of hydrogen-bond donors (Lipinski definition) is 1. The van der Waals surface area contributed by atoms with Gasteiger partial charge in [0, 0.05) is 32.2 Å². The SMILES string of the molecule is COc1ccc(C(=O)N2CCN(C(=O)C(NC(=O)c3ccccc3OC)C(C)C)CC2)c(OC)c1. The van der Waals surface area contributed by atoms with Crippen molar-refractivity contribution in [2.75, 3.05) is 47.5 Å². The first-order chi connectivity index (χ1) is 16.8. The summed E-state index contributed by atoms with van der Waals surface area (Å²) in [5, 5.41) is 2.87. The molecule has 35 heavy (non-hydrogen) atoms. The molecule has 2 aromatic carbocycles. The summed E-state index contributed by atoms with van der Waals surface area (Å²) in [6.07, 6.45) is 0. The number of para-hydroxylation sites is 1. The fourth-order valence-electron chi connectivity index (χ4n) is 4.04. The molecule has 0 saturated carbocycles. The van der Waals surface area contributed by atoms with Gasteiger partial charge in [0.1, 0.15) is 23.3 Å². The van der Waals surface area contributed by atoms with Crippen molar-refractivity contribution in [2.45, 2.75) is 19.9 Å². The number of amides is 3. The number of piperazine rings is 1. The molecule has 188 valence electrons. The van der Waals surface area contributed by atoms with Crippen molar-refractivity contribution < 1.29 is 28.6 Å². The standard InChI is InChI=1S/C26H33N3O6/c1-17(2)23(27-24(30)19-8-6-7-9-21(19)34-4)26(32)29-14-12-28(13-15-29)25(31)20-11-10-18(33-3)16-22(20)35-5/h6-11,16-17,23H,12-15H2,1-5H3,(H,27,30). The Morgan fingerprint density at radius 3 is 2.03 bits per heavy atom. The van der Waals surface area contributed by atoms with Crippen LogP contribution in [0.4, 0.5) is 0 Å². The van der Waals surface area contributed by atoms with Gasteiger partial charge in [0.05, 0.1) is 32.5 Å².